The van der Waals surface area contributed by atoms with Gasteiger partial charge in [0.25, 0.3) is 0 Å². The molecule has 2 heterocycles. The molecule has 0 saturated heterocycles. The van der Waals surface area contributed by atoms with E-state index < -0.39 is 0 Å². The summed E-state index contributed by atoms with van der Waals surface area (Å²) in [5, 5.41) is 11.0. The lowest BCUT2D eigenvalue weighted by Crippen LogP contribution is -2.06. The first-order valence-corrected chi connectivity index (χ1v) is 2.96. The van der Waals surface area contributed by atoms with Crippen LogP contribution in [-0.4, -0.2) is 15.0 Å². The number of hydrogen-bond acceptors (Lipinski definition) is 3. The average Bonchev–Trinajstić information content (AvgIpc) is 2.35. The fourth-order valence-electron chi connectivity index (χ4n) is 1.07. The first kappa shape index (κ1) is 4.93. The zero-order valence-corrected chi connectivity index (χ0v) is 5.26. The molecular weight excluding hydrogens is 116 g/mol. The molecule has 2 rings (SSSR count). The molecule has 1 aliphatic heterocycles. The van der Waals surface area contributed by atoms with E-state index in [1.807, 2.05) is 11.7 Å². The molecule has 0 spiro atoms. The Morgan fingerprint density at radius 3 is 3.22 bits per heavy atom. The van der Waals surface area contributed by atoms with Gasteiger partial charge in [0.1, 0.15) is 5.69 Å². The van der Waals surface area contributed by atoms with E-state index in [1.165, 1.54) is 5.69 Å². The maximum atomic E-state index is 3.95. The van der Waals surface area contributed by atoms with Gasteiger partial charge in [-0.05, 0) is 0 Å². The Balaban J connectivity index is 2.56. The summed E-state index contributed by atoms with van der Waals surface area (Å²) in [5.41, 5.74) is 2.31. The van der Waals surface area contributed by atoms with Crippen LogP contribution in [0.5, 0.6) is 0 Å². The largest absolute Gasteiger partial charge is 0.305 e. The summed E-state index contributed by atoms with van der Waals surface area (Å²) in [5.74, 6) is 0. The zero-order valence-electron chi connectivity index (χ0n) is 5.26. The number of rotatable bonds is 0. The van der Waals surface area contributed by atoms with Crippen LogP contribution >= 0.6 is 0 Å². The Kier molecular flexibility index (Phi) is 0.843. The highest BCUT2D eigenvalue weighted by Gasteiger charge is 2.14. The van der Waals surface area contributed by atoms with E-state index >= 15 is 0 Å². The third kappa shape index (κ3) is 0.564. The molecule has 0 radical (unpaired) electrons. The molecule has 1 aromatic rings. The molecule has 0 bridgehead atoms. The van der Waals surface area contributed by atoms with Crippen molar-refractivity contribution < 1.29 is 0 Å². The van der Waals surface area contributed by atoms with E-state index in [0.29, 0.717) is 0 Å². The Labute approximate surface area is 52.9 Å². The quantitative estimate of drug-likeness (QED) is 0.503. The number of nitrogens with one attached hydrogen (secondary N) is 1. The normalized spacial score (nSPS) is 16.1. The molecule has 0 amide bonds. The Morgan fingerprint density at radius 2 is 2.44 bits per heavy atom. The van der Waals surface area contributed by atoms with Crippen molar-refractivity contribution in [3.8, 4) is 0 Å². The fraction of sp³-hybridized carbons (Fsp3) is 0.600. The Bertz CT molecular complexity index is 227. The molecule has 9 heavy (non-hydrogen) atoms. The topological polar surface area (TPSA) is 42.7 Å². The van der Waals surface area contributed by atoms with Crippen LogP contribution in [0.1, 0.15) is 11.4 Å². The van der Waals surface area contributed by atoms with Gasteiger partial charge in [0.2, 0.25) is 0 Å². The molecule has 1 aliphatic rings. The number of nitrogens with zero attached hydrogens (tertiary/aromatic N) is 3. The van der Waals surface area contributed by atoms with Crippen molar-refractivity contribution in [1.82, 2.24) is 20.3 Å². The molecule has 1 N–H and O–H groups in total. The molecule has 4 heteroatoms. The van der Waals surface area contributed by atoms with Crippen LogP contribution in [0.3, 0.4) is 0 Å². The van der Waals surface area contributed by atoms with Crippen LogP contribution in [0.15, 0.2) is 0 Å². The molecular formula is C5H8N4. The number of hydrogen-bond donors (Lipinski definition) is 1. The lowest BCUT2D eigenvalue weighted by molar-refractivity contribution is 0.632. The summed E-state index contributed by atoms with van der Waals surface area (Å²) < 4.78 is 1.81. The predicted molar refractivity (Wildman–Crippen MR) is 31.5 cm³/mol. The lowest BCUT2D eigenvalue weighted by atomic mass is 10.4. The van der Waals surface area contributed by atoms with Crippen LogP contribution in [0.25, 0.3) is 0 Å². The van der Waals surface area contributed by atoms with Gasteiger partial charge < -0.3 is 5.32 Å². The van der Waals surface area contributed by atoms with Gasteiger partial charge in [-0.15, -0.1) is 5.10 Å². The molecule has 0 saturated carbocycles. The minimum atomic E-state index is 0.878. The van der Waals surface area contributed by atoms with Crippen molar-refractivity contribution in [2.45, 2.75) is 13.1 Å². The second kappa shape index (κ2) is 1.54. The van der Waals surface area contributed by atoms with Crippen LogP contribution in [0.2, 0.25) is 0 Å². The molecule has 0 fully saturated rings. The molecule has 0 unspecified atom stereocenters. The minimum absolute atomic E-state index is 0.878. The maximum Gasteiger partial charge on any atom is 0.101 e. The third-order valence-corrected chi connectivity index (χ3v) is 1.61. The summed E-state index contributed by atoms with van der Waals surface area (Å²) >= 11 is 0. The maximum absolute atomic E-state index is 3.95. The molecule has 48 valence electrons. The van der Waals surface area contributed by atoms with E-state index in [1.54, 1.807) is 0 Å². The van der Waals surface area contributed by atoms with E-state index in [9.17, 15) is 0 Å². The summed E-state index contributed by atoms with van der Waals surface area (Å²) in [6, 6.07) is 0. The van der Waals surface area contributed by atoms with Gasteiger partial charge in [0.05, 0.1) is 5.69 Å². The fourth-order valence-corrected chi connectivity index (χ4v) is 1.07. The standard InChI is InChI=1S/C5H8N4/c1-9-5-3-6-2-4(5)7-8-9/h6H,2-3H2,1H3. The number of aromatic nitrogens is 3. The van der Waals surface area contributed by atoms with Gasteiger partial charge in [0.15, 0.2) is 0 Å². The Morgan fingerprint density at radius 1 is 1.56 bits per heavy atom. The number of fused-ring (bicyclic) bond motifs is 1. The first-order chi connectivity index (χ1) is 4.38. The van der Waals surface area contributed by atoms with Crippen molar-refractivity contribution in [2.24, 2.45) is 7.05 Å². The van der Waals surface area contributed by atoms with Gasteiger partial charge in [-0.3, -0.25) is 4.68 Å². The molecule has 0 atom stereocenters. The highest BCUT2D eigenvalue weighted by molar-refractivity contribution is 5.13. The minimum Gasteiger partial charge on any atom is -0.305 e. The Hall–Kier alpha value is -0.900. The highest BCUT2D eigenvalue weighted by atomic mass is 15.4. The van der Waals surface area contributed by atoms with E-state index in [-0.39, 0.29) is 0 Å². The zero-order chi connectivity index (χ0) is 6.27. The van der Waals surface area contributed by atoms with Gasteiger partial charge >= 0.3 is 0 Å². The smallest absolute Gasteiger partial charge is 0.101 e. The van der Waals surface area contributed by atoms with Crippen molar-refractivity contribution in [2.75, 3.05) is 0 Å². The third-order valence-electron chi connectivity index (χ3n) is 1.61. The lowest BCUT2D eigenvalue weighted by Gasteiger charge is -1.90. The molecule has 4 nitrogen and oxygen atoms in total. The first-order valence-electron chi connectivity index (χ1n) is 2.96. The van der Waals surface area contributed by atoms with Crippen molar-refractivity contribution in [3.05, 3.63) is 11.4 Å². The monoisotopic (exact) mass is 124 g/mol. The van der Waals surface area contributed by atoms with Crippen LogP contribution in [0.4, 0.5) is 0 Å². The van der Waals surface area contributed by atoms with Gasteiger partial charge in [-0.25, -0.2) is 0 Å². The van der Waals surface area contributed by atoms with Crippen molar-refractivity contribution in [1.29, 1.82) is 0 Å². The van der Waals surface area contributed by atoms with Gasteiger partial charge in [-0.1, -0.05) is 5.21 Å². The average molecular weight is 124 g/mol. The molecule has 0 aliphatic carbocycles. The summed E-state index contributed by atoms with van der Waals surface area (Å²) in [6.45, 7) is 1.79. The highest BCUT2D eigenvalue weighted by Crippen LogP contribution is 2.08. The van der Waals surface area contributed by atoms with Crippen LogP contribution in [0, 0.1) is 0 Å². The van der Waals surface area contributed by atoms with Crippen molar-refractivity contribution >= 4 is 0 Å². The van der Waals surface area contributed by atoms with Crippen molar-refractivity contribution in [3.63, 3.8) is 0 Å². The molecule has 0 aromatic carbocycles. The van der Waals surface area contributed by atoms with E-state index in [4.69, 9.17) is 0 Å². The van der Waals surface area contributed by atoms with E-state index in [2.05, 4.69) is 15.6 Å². The predicted octanol–water partition coefficient (Wildman–Crippen LogP) is -0.582. The summed E-state index contributed by atoms with van der Waals surface area (Å²) in [4.78, 5) is 0. The summed E-state index contributed by atoms with van der Waals surface area (Å²) in [6.07, 6.45) is 0. The second-order valence-corrected chi connectivity index (χ2v) is 2.21. The van der Waals surface area contributed by atoms with Crippen LogP contribution in [-0.2, 0) is 20.1 Å². The molecule has 1 aromatic heterocycles. The van der Waals surface area contributed by atoms with Gasteiger partial charge in [-0.2, -0.15) is 0 Å². The van der Waals surface area contributed by atoms with Gasteiger partial charge in [0, 0.05) is 20.1 Å². The summed E-state index contributed by atoms with van der Waals surface area (Å²) in [7, 11) is 1.92. The number of aryl methyl sites for hydroxylation is 1. The van der Waals surface area contributed by atoms with Crippen LogP contribution < -0.4 is 5.32 Å². The SMILES string of the molecule is Cn1nnc2c1CNC2. The van der Waals surface area contributed by atoms with E-state index in [0.717, 1.165) is 18.8 Å². The second-order valence-electron chi connectivity index (χ2n) is 2.21.